The Balaban J connectivity index is 2.04. The van der Waals surface area contributed by atoms with Crippen LogP contribution in [0.5, 0.6) is 11.6 Å². The Hall–Kier alpha value is -2.21. The lowest BCUT2D eigenvalue weighted by molar-refractivity contribution is 0.465. The minimum Gasteiger partial charge on any atom is -0.437 e. The molecule has 0 atom stereocenters. The topological polar surface area (TPSA) is 73.9 Å². The molecule has 0 amide bonds. The summed E-state index contributed by atoms with van der Waals surface area (Å²) in [5, 5.41) is 0.528. The van der Waals surface area contributed by atoms with Crippen LogP contribution in [0, 0.1) is 6.92 Å². The fourth-order valence-electron chi connectivity index (χ4n) is 1.62. The summed E-state index contributed by atoms with van der Waals surface area (Å²) in [6, 6.07) is 7.48. The van der Waals surface area contributed by atoms with Crippen LogP contribution in [0.25, 0.3) is 10.2 Å². The number of ether oxygens (including phenoxy) is 1. The summed E-state index contributed by atoms with van der Waals surface area (Å²) in [5.41, 5.74) is 7.32. The Morgan fingerprint density at radius 3 is 3.00 bits per heavy atom. The van der Waals surface area contributed by atoms with Crippen LogP contribution in [0.15, 0.2) is 30.6 Å². The van der Waals surface area contributed by atoms with Gasteiger partial charge in [0, 0.05) is 11.8 Å². The van der Waals surface area contributed by atoms with Gasteiger partial charge in [0.25, 0.3) is 0 Å². The highest BCUT2D eigenvalue weighted by molar-refractivity contribution is 7.22. The molecule has 0 fully saturated rings. The lowest BCUT2D eigenvalue weighted by Gasteiger charge is -2.04. The lowest BCUT2D eigenvalue weighted by Crippen LogP contribution is -1.91. The Kier molecular flexibility index (Phi) is 2.56. The Labute approximate surface area is 107 Å². The van der Waals surface area contributed by atoms with Crippen molar-refractivity contribution in [1.29, 1.82) is 0 Å². The normalized spacial score (nSPS) is 10.7. The average Bonchev–Trinajstić information content (AvgIpc) is 2.71. The fraction of sp³-hybridized carbons (Fsp3) is 0.0833. The number of aryl methyl sites for hydroxylation is 1. The predicted octanol–water partition coefficient (Wildman–Crippen LogP) is 2.77. The molecule has 0 saturated heterocycles. The van der Waals surface area contributed by atoms with Gasteiger partial charge in [-0.2, -0.15) is 0 Å². The first-order chi connectivity index (χ1) is 8.72. The molecule has 0 saturated carbocycles. The van der Waals surface area contributed by atoms with E-state index in [0.717, 1.165) is 15.9 Å². The summed E-state index contributed by atoms with van der Waals surface area (Å²) < 4.78 is 6.72. The molecule has 2 heterocycles. The minimum atomic E-state index is 0.501. The molecule has 0 aliphatic heterocycles. The molecule has 3 aromatic rings. The number of nitrogens with zero attached hydrogens (tertiary/aromatic N) is 3. The molecule has 0 unspecified atom stereocenters. The van der Waals surface area contributed by atoms with Crippen molar-refractivity contribution in [3.63, 3.8) is 0 Å². The van der Waals surface area contributed by atoms with Gasteiger partial charge in [0.15, 0.2) is 10.9 Å². The van der Waals surface area contributed by atoms with Gasteiger partial charge in [-0.3, -0.25) is 0 Å². The minimum absolute atomic E-state index is 0.501. The van der Waals surface area contributed by atoms with Crippen molar-refractivity contribution >= 4 is 26.7 Å². The monoisotopic (exact) mass is 258 g/mol. The van der Waals surface area contributed by atoms with E-state index in [0.29, 0.717) is 16.8 Å². The van der Waals surface area contributed by atoms with Crippen molar-refractivity contribution in [3.8, 4) is 11.6 Å². The number of nitrogen functional groups attached to an aromatic ring is 1. The van der Waals surface area contributed by atoms with Gasteiger partial charge in [-0.05, 0) is 19.1 Å². The zero-order valence-corrected chi connectivity index (χ0v) is 10.4. The third-order valence-electron chi connectivity index (χ3n) is 2.39. The Bertz CT molecular complexity index is 710. The standard InChI is InChI=1S/C12H10N4OS/c1-7-5-10(15-6-14-7)17-8-3-2-4-9-11(8)16-12(13)18-9/h2-6H,1H3,(H2,13,16). The lowest BCUT2D eigenvalue weighted by atomic mass is 10.3. The van der Waals surface area contributed by atoms with Gasteiger partial charge in [-0.15, -0.1) is 0 Å². The number of hydrogen-bond donors (Lipinski definition) is 1. The molecule has 90 valence electrons. The van der Waals surface area contributed by atoms with Gasteiger partial charge in [0.1, 0.15) is 11.8 Å². The first-order valence-corrected chi connectivity index (χ1v) is 6.15. The van der Waals surface area contributed by atoms with Crippen LogP contribution >= 0.6 is 11.3 Å². The molecule has 2 aromatic heterocycles. The van der Waals surface area contributed by atoms with E-state index in [9.17, 15) is 0 Å². The number of thiazole rings is 1. The number of aromatic nitrogens is 3. The number of rotatable bonds is 2. The molecule has 1 aromatic carbocycles. The largest absolute Gasteiger partial charge is 0.437 e. The van der Waals surface area contributed by atoms with Crippen LogP contribution < -0.4 is 10.5 Å². The van der Waals surface area contributed by atoms with Crippen LogP contribution in [0.1, 0.15) is 5.69 Å². The van der Waals surface area contributed by atoms with E-state index in [1.54, 1.807) is 6.07 Å². The van der Waals surface area contributed by atoms with Gasteiger partial charge < -0.3 is 10.5 Å². The van der Waals surface area contributed by atoms with Gasteiger partial charge in [-0.1, -0.05) is 17.4 Å². The quantitative estimate of drug-likeness (QED) is 0.765. The molecule has 0 bridgehead atoms. The average molecular weight is 258 g/mol. The zero-order chi connectivity index (χ0) is 12.5. The molecule has 0 radical (unpaired) electrons. The number of fused-ring (bicyclic) bond motifs is 1. The van der Waals surface area contributed by atoms with Crippen LogP contribution in [0.4, 0.5) is 5.13 Å². The predicted molar refractivity (Wildman–Crippen MR) is 70.9 cm³/mol. The molecule has 6 heteroatoms. The second-order valence-corrected chi connectivity index (χ2v) is 4.82. The van der Waals surface area contributed by atoms with E-state index in [1.165, 1.54) is 17.7 Å². The third-order valence-corrected chi connectivity index (χ3v) is 3.24. The molecule has 0 spiro atoms. The summed E-state index contributed by atoms with van der Waals surface area (Å²) in [5.74, 6) is 1.15. The fourth-order valence-corrected chi connectivity index (χ4v) is 2.37. The molecular weight excluding hydrogens is 248 g/mol. The van der Waals surface area contributed by atoms with Crippen LogP contribution in [0.2, 0.25) is 0 Å². The van der Waals surface area contributed by atoms with Gasteiger partial charge >= 0.3 is 0 Å². The van der Waals surface area contributed by atoms with Crippen molar-refractivity contribution in [1.82, 2.24) is 15.0 Å². The van der Waals surface area contributed by atoms with Crippen molar-refractivity contribution in [3.05, 3.63) is 36.3 Å². The maximum Gasteiger partial charge on any atom is 0.222 e. The Morgan fingerprint density at radius 2 is 2.17 bits per heavy atom. The van der Waals surface area contributed by atoms with Crippen molar-refractivity contribution in [2.75, 3.05) is 5.73 Å². The van der Waals surface area contributed by atoms with Gasteiger partial charge in [-0.25, -0.2) is 15.0 Å². The second kappa shape index (κ2) is 4.23. The van der Waals surface area contributed by atoms with E-state index in [-0.39, 0.29) is 0 Å². The number of nitrogens with two attached hydrogens (primary N) is 1. The maximum absolute atomic E-state index is 5.72. The highest BCUT2D eigenvalue weighted by atomic mass is 32.1. The van der Waals surface area contributed by atoms with Gasteiger partial charge in [0.2, 0.25) is 5.88 Å². The summed E-state index contributed by atoms with van der Waals surface area (Å²) >= 11 is 1.43. The van der Waals surface area contributed by atoms with E-state index < -0.39 is 0 Å². The summed E-state index contributed by atoms with van der Waals surface area (Å²) in [6.45, 7) is 1.88. The number of anilines is 1. The SMILES string of the molecule is Cc1cc(Oc2cccc3sc(N)nc23)ncn1. The first-order valence-electron chi connectivity index (χ1n) is 5.34. The van der Waals surface area contributed by atoms with E-state index in [1.807, 2.05) is 25.1 Å². The highest BCUT2D eigenvalue weighted by Crippen LogP contribution is 2.32. The van der Waals surface area contributed by atoms with Crippen molar-refractivity contribution < 1.29 is 4.74 Å². The van der Waals surface area contributed by atoms with Crippen LogP contribution in [0.3, 0.4) is 0 Å². The number of para-hydroxylation sites is 1. The first kappa shape index (κ1) is 10.9. The Morgan fingerprint density at radius 1 is 1.28 bits per heavy atom. The number of benzene rings is 1. The van der Waals surface area contributed by atoms with Crippen LogP contribution in [-0.4, -0.2) is 15.0 Å². The molecule has 0 aliphatic carbocycles. The van der Waals surface area contributed by atoms with E-state index in [4.69, 9.17) is 10.5 Å². The summed E-state index contributed by atoms with van der Waals surface area (Å²) in [6.07, 6.45) is 1.47. The molecule has 5 nitrogen and oxygen atoms in total. The summed E-state index contributed by atoms with van der Waals surface area (Å²) in [4.78, 5) is 12.3. The van der Waals surface area contributed by atoms with Crippen LogP contribution in [-0.2, 0) is 0 Å². The van der Waals surface area contributed by atoms with E-state index in [2.05, 4.69) is 15.0 Å². The second-order valence-electron chi connectivity index (χ2n) is 3.75. The molecule has 18 heavy (non-hydrogen) atoms. The highest BCUT2D eigenvalue weighted by Gasteiger charge is 2.08. The third kappa shape index (κ3) is 1.98. The summed E-state index contributed by atoms with van der Waals surface area (Å²) in [7, 11) is 0. The van der Waals surface area contributed by atoms with Crippen molar-refractivity contribution in [2.24, 2.45) is 0 Å². The molecule has 0 aliphatic rings. The van der Waals surface area contributed by atoms with E-state index >= 15 is 0 Å². The number of hydrogen-bond acceptors (Lipinski definition) is 6. The van der Waals surface area contributed by atoms with Gasteiger partial charge in [0.05, 0.1) is 4.70 Å². The smallest absolute Gasteiger partial charge is 0.222 e. The molecule has 3 rings (SSSR count). The molecule has 2 N–H and O–H groups in total. The molecular formula is C12H10N4OS. The van der Waals surface area contributed by atoms with Crippen molar-refractivity contribution in [2.45, 2.75) is 6.92 Å². The zero-order valence-electron chi connectivity index (χ0n) is 9.62. The maximum atomic E-state index is 5.72.